The number of rotatable bonds is 5. The summed E-state index contributed by atoms with van der Waals surface area (Å²) in [6.07, 6.45) is 3.50. The van der Waals surface area contributed by atoms with Gasteiger partial charge < -0.3 is 19.9 Å². The molecule has 0 unspecified atom stereocenters. The van der Waals surface area contributed by atoms with Crippen molar-refractivity contribution in [1.82, 2.24) is 4.98 Å². The van der Waals surface area contributed by atoms with Gasteiger partial charge in [0, 0.05) is 24.7 Å². The Morgan fingerprint density at radius 2 is 1.95 bits per heavy atom. The standard InChI is InChI=1S/C15H18N2O3/c18-6-2-1-4-16-15-12-10-14-13(19-7-8-20-14)9-11(12)3-5-17-15/h3,5,9-10,18H,1-2,4,6-8H2,(H,16,17). The summed E-state index contributed by atoms with van der Waals surface area (Å²) in [7, 11) is 0. The normalized spacial score (nSPS) is 13.4. The minimum absolute atomic E-state index is 0.226. The number of nitrogens with one attached hydrogen (secondary N) is 1. The van der Waals surface area contributed by atoms with E-state index in [-0.39, 0.29) is 6.61 Å². The van der Waals surface area contributed by atoms with Crippen LogP contribution >= 0.6 is 0 Å². The first kappa shape index (κ1) is 13.0. The van der Waals surface area contributed by atoms with Gasteiger partial charge in [-0.05, 0) is 36.4 Å². The Morgan fingerprint density at radius 3 is 2.75 bits per heavy atom. The molecule has 0 spiro atoms. The lowest BCUT2D eigenvalue weighted by Gasteiger charge is -2.19. The first-order valence-corrected chi connectivity index (χ1v) is 6.91. The molecule has 1 aliphatic heterocycles. The van der Waals surface area contributed by atoms with Crippen molar-refractivity contribution in [2.45, 2.75) is 12.8 Å². The molecule has 0 fully saturated rings. The highest BCUT2D eigenvalue weighted by Crippen LogP contribution is 2.36. The smallest absolute Gasteiger partial charge is 0.162 e. The molecule has 0 aliphatic carbocycles. The number of fused-ring (bicyclic) bond motifs is 2. The Kier molecular flexibility index (Phi) is 3.87. The predicted octanol–water partition coefficient (Wildman–Crippen LogP) is 2.19. The number of unbranched alkanes of at least 4 members (excludes halogenated alkanes) is 1. The summed E-state index contributed by atoms with van der Waals surface area (Å²) >= 11 is 0. The second-order valence-corrected chi connectivity index (χ2v) is 4.73. The first-order chi connectivity index (χ1) is 9.88. The molecule has 5 nitrogen and oxygen atoms in total. The molecule has 0 atom stereocenters. The van der Waals surface area contributed by atoms with Crippen LogP contribution in [-0.4, -0.2) is 36.5 Å². The van der Waals surface area contributed by atoms with Crippen molar-refractivity contribution in [2.75, 3.05) is 31.7 Å². The van der Waals surface area contributed by atoms with E-state index in [9.17, 15) is 0 Å². The average Bonchev–Trinajstić information content (AvgIpc) is 2.50. The Morgan fingerprint density at radius 1 is 1.15 bits per heavy atom. The molecule has 20 heavy (non-hydrogen) atoms. The van der Waals surface area contributed by atoms with E-state index < -0.39 is 0 Å². The molecule has 0 saturated carbocycles. The number of anilines is 1. The van der Waals surface area contributed by atoms with E-state index in [0.717, 1.165) is 47.5 Å². The molecule has 5 heteroatoms. The molecule has 2 heterocycles. The van der Waals surface area contributed by atoms with Crippen molar-refractivity contribution in [3.8, 4) is 11.5 Å². The number of hydrogen-bond donors (Lipinski definition) is 2. The topological polar surface area (TPSA) is 63.6 Å². The second kappa shape index (κ2) is 5.96. The average molecular weight is 274 g/mol. The lowest BCUT2D eigenvalue weighted by Crippen LogP contribution is -2.15. The Labute approximate surface area is 117 Å². The minimum Gasteiger partial charge on any atom is -0.486 e. The molecule has 3 rings (SSSR count). The van der Waals surface area contributed by atoms with Crippen LogP contribution in [0.15, 0.2) is 24.4 Å². The maximum absolute atomic E-state index is 8.79. The molecule has 0 amide bonds. The van der Waals surface area contributed by atoms with Crippen molar-refractivity contribution >= 4 is 16.6 Å². The SMILES string of the molecule is OCCCCNc1nccc2cc3c(cc12)OCCO3. The van der Waals surface area contributed by atoms with Gasteiger partial charge >= 0.3 is 0 Å². The molecular formula is C15H18N2O3. The highest BCUT2D eigenvalue weighted by atomic mass is 16.6. The zero-order chi connectivity index (χ0) is 13.8. The monoisotopic (exact) mass is 274 g/mol. The van der Waals surface area contributed by atoms with Crippen LogP contribution in [-0.2, 0) is 0 Å². The van der Waals surface area contributed by atoms with Crippen LogP contribution in [0.1, 0.15) is 12.8 Å². The first-order valence-electron chi connectivity index (χ1n) is 6.91. The summed E-state index contributed by atoms with van der Waals surface area (Å²) < 4.78 is 11.2. The molecule has 2 aromatic rings. The summed E-state index contributed by atoms with van der Waals surface area (Å²) in [4.78, 5) is 4.38. The van der Waals surface area contributed by atoms with Gasteiger partial charge in [0.1, 0.15) is 19.0 Å². The van der Waals surface area contributed by atoms with Gasteiger partial charge in [0.25, 0.3) is 0 Å². The summed E-state index contributed by atoms with van der Waals surface area (Å²) in [5, 5.41) is 14.2. The maximum Gasteiger partial charge on any atom is 0.162 e. The van der Waals surface area contributed by atoms with Crippen molar-refractivity contribution in [2.24, 2.45) is 0 Å². The second-order valence-electron chi connectivity index (χ2n) is 4.73. The Hall–Kier alpha value is -2.01. The quantitative estimate of drug-likeness (QED) is 0.818. The van der Waals surface area contributed by atoms with Gasteiger partial charge in [0.2, 0.25) is 0 Å². The Bertz CT molecular complexity index is 601. The van der Waals surface area contributed by atoms with Crippen LogP contribution in [0, 0.1) is 0 Å². The molecule has 2 N–H and O–H groups in total. The van der Waals surface area contributed by atoms with E-state index in [4.69, 9.17) is 14.6 Å². The van der Waals surface area contributed by atoms with Gasteiger partial charge in [-0.3, -0.25) is 0 Å². The number of aliphatic hydroxyl groups excluding tert-OH is 1. The molecule has 106 valence electrons. The van der Waals surface area contributed by atoms with Crippen LogP contribution in [0.25, 0.3) is 10.8 Å². The minimum atomic E-state index is 0.226. The van der Waals surface area contributed by atoms with E-state index in [2.05, 4.69) is 10.3 Å². The summed E-state index contributed by atoms with van der Waals surface area (Å²) in [5.74, 6) is 2.41. The van der Waals surface area contributed by atoms with E-state index in [1.165, 1.54) is 0 Å². The van der Waals surface area contributed by atoms with E-state index in [1.807, 2.05) is 18.2 Å². The van der Waals surface area contributed by atoms with E-state index >= 15 is 0 Å². The molecular weight excluding hydrogens is 256 g/mol. The van der Waals surface area contributed by atoms with Crippen LogP contribution in [0.2, 0.25) is 0 Å². The van der Waals surface area contributed by atoms with Gasteiger partial charge in [-0.25, -0.2) is 4.98 Å². The molecule has 1 aromatic carbocycles. The highest BCUT2D eigenvalue weighted by Gasteiger charge is 2.14. The van der Waals surface area contributed by atoms with Gasteiger partial charge in [-0.2, -0.15) is 0 Å². The third-order valence-electron chi connectivity index (χ3n) is 3.30. The van der Waals surface area contributed by atoms with Crippen LogP contribution in [0.5, 0.6) is 11.5 Å². The fraction of sp³-hybridized carbons (Fsp3) is 0.400. The fourth-order valence-corrected chi connectivity index (χ4v) is 2.29. The largest absolute Gasteiger partial charge is 0.486 e. The molecule has 1 aromatic heterocycles. The number of benzene rings is 1. The van der Waals surface area contributed by atoms with Gasteiger partial charge in [-0.1, -0.05) is 0 Å². The zero-order valence-corrected chi connectivity index (χ0v) is 11.3. The fourth-order valence-electron chi connectivity index (χ4n) is 2.29. The van der Waals surface area contributed by atoms with Crippen molar-refractivity contribution in [3.63, 3.8) is 0 Å². The zero-order valence-electron chi connectivity index (χ0n) is 11.3. The lowest BCUT2D eigenvalue weighted by molar-refractivity contribution is 0.172. The third-order valence-corrected chi connectivity index (χ3v) is 3.30. The van der Waals surface area contributed by atoms with E-state index in [0.29, 0.717) is 13.2 Å². The molecule has 0 bridgehead atoms. The van der Waals surface area contributed by atoms with Gasteiger partial charge in [0.05, 0.1) is 0 Å². The van der Waals surface area contributed by atoms with Crippen molar-refractivity contribution in [3.05, 3.63) is 24.4 Å². The maximum atomic E-state index is 8.79. The summed E-state index contributed by atoms with van der Waals surface area (Å²) in [5.41, 5.74) is 0. The van der Waals surface area contributed by atoms with Crippen molar-refractivity contribution in [1.29, 1.82) is 0 Å². The number of aliphatic hydroxyl groups is 1. The van der Waals surface area contributed by atoms with Crippen LogP contribution < -0.4 is 14.8 Å². The summed E-state index contributed by atoms with van der Waals surface area (Å²) in [6.45, 7) is 2.19. The van der Waals surface area contributed by atoms with Gasteiger partial charge in [0.15, 0.2) is 11.5 Å². The number of aromatic nitrogens is 1. The van der Waals surface area contributed by atoms with Gasteiger partial charge in [-0.15, -0.1) is 0 Å². The molecule has 0 radical (unpaired) electrons. The number of ether oxygens (including phenoxy) is 2. The molecule has 1 aliphatic rings. The Balaban J connectivity index is 1.88. The van der Waals surface area contributed by atoms with Crippen LogP contribution in [0.4, 0.5) is 5.82 Å². The highest BCUT2D eigenvalue weighted by molar-refractivity contribution is 5.94. The molecule has 0 saturated heterocycles. The third kappa shape index (κ3) is 2.63. The number of nitrogens with zero attached hydrogens (tertiary/aromatic N) is 1. The predicted molar refractivity (Wildman–Crippen MR) is 77.5 cm³/mol. The van der Waals surface area contributed by atoms with Crippen molar-refractivity contribution < 1.29 is 14.6 Å². The summed E-state index contributed by atoms with van der Waals surface area (Å²) in [6, 6.07) is 5.93. The van der Waals surface area contributed by atoms with E-state index in [1.54, 1.807) is 6.20 Å². The lowest BCUT2D eigenvalue weighted by atomic mass is 10.1. The number of hydrogen-bond acceptors (Lipinski definition) is 5. The number of pyridine rings is 1. The van der Waals surface area contributed by atoms with Crippen LogP contribution in [0.3, 0.4) is 0 Å².